The lowest BCUT2D eigenvalue weighted by Gasteiger charge is -2.31. The van der Waals surface area contributed by atoms with Gasteiger partial charge in [-0.05, 0) is 47.2 Å². The molecule has 0 bridgehead atoms. The maximum absolute atomic E-state index is 13.8. The fourth-order valence-electron chi connectivity index (χ4n) is 3.38. The van der Waals surface area contributed by atoms with Crippen molar-refractivity contribution in [3.05, 3.63) is 54.1 Å². The van der Waals surface area contributed by atoms with Crippen LogP contribution in [-0.2, 0) is 9.59 Å². The minimum Gasteiger partial charge on any atom is -0.324 e. The molecule has 0 spiro atoms. The number of anilines is 2. The number of fused-ring (bicyclic) bond motifs is 1. The molecule has 2 amide bonds. The summed E-state index contributed by atoms with van der Waals surface area (Å²) in [5, 5.41) is 14.1. The van der Waals surface area contributed by atoms with E-state index in [1.807, 2.05) is 25.1 Å². The molecule has 4 rings (SSSR count). The fourth-order valence-corrected chi connectivity index (χ4v) is 4.13. The largest absolute Gasteiger partial charge is 0.409 e. The Morgan fingerprint density at radius 3 is 2.75 bits per heavy atom. The number of thioether (sulfide) groups is 1. The molecule has 8 nitrogen and oxygen atoms in total. The van der Waals surface area contributed by atoms with E-state index in [2.05, 4.69) is 20.8 Å². The Hall–Kier alpha value is -3.41. The van der Waals surface area contributed by atoms with Crippen LogP contribution in [0.3, 0.4) is 0 Å². The Bertz CT molecular complexity index is 1170. The second-order valence-corrected chi connectivity index (χ2v) is 8.03. The molecule has 0 radical (unpaired) electrons. The lowest BCUT2D eigenvalue weighted by atomic mass is 10.1. The highest BCUT2D eigenvalue weighted by Crippen LogP contribution is 2.38. The van der Waals surface area contributed by atoms with Gasteiger partial charge in [0, 0.05) is 0 Å². The normalized spacial score (nSPS) is 16.3. The number of nitrogens with zero attached hydrogens (tertiary/aromatic N) is 5. The number of halogens is 3. The molecule has 1 aromatic heterocycles. The summed E-state index contributed by atoms with van der Waals surface area (Å²) in [6, 6.07) is 11.0. The molecule has 1 unspecified atom stereocenters. The fraction of sp³-hybridized carbons (Fsp3) is 0.250. The molecule has 1 N–H and O–H groups in total. The minimum absolute atomic E-state index is 0.00967. The van der Waals surface area contributed by atoms with Crippen LogP contribution in [-0.4, -0.2) is 50.0 Å². The maximum Gasteiger partial charge on any atom is 0.409 e. The van der Waals surface area contributed by atoms with Crippen LogP contribution < -0.4 is 10.2 Å². The van der Waals surface area contributed by atoms with Crippen molar-refractivity contribution in [3.63, 3.8) is 0 Å². The zero-order valence-corrected chi connectivity index (χ0v) is 17.5. The van der Waals surface area contributed by atoms with Gasteiger partial charge in [-0.3, -0.25) is 14.5 Å². The Morgan fingerprint density at radius 1 is 1.22 bits per heavy atom. The number of para-hydroxylation sites is 2. The molecule has 1 aliphatic heterocycles. The van der Waals surface area contributed by atoms with E-state index in [1.165, 1.54) is 22.9 Å². The monoisotopic (exact) mass is 462 g/mol. The van der Waals surface area contributed by atoms with E-state index in [1.54, 1.807) is 12.1 Å². The lowest BCUT2D eigenvalue weighted by Crippen LogP contribution is -2.50. The Balaban J connectivity index is 1.62. The first-order chi connectivity index (χ1) is 15.2. The van der Waals surface area contributed by atoms with Crippen molar-refractivity contribution in [1.29, 1.82) is 0 Å². The number of aryl methyl sites for hydroxylation is 1. The van der Waals surface area contributed by atoms with Crippen LogP contribution in [0, 0.1) is 6.92 Å². The number of carbonyl (C=O) groups is 2. The van der Waals surface area contributed by atoms with Gasteiger partial charge in [-0.1, -0.05) is 36.0 Å². The average molecular weight is 462 g/mol. The molecule has 1 aliphatic rings. The third kappa shape index (κ3) is 4.44. The molecule has 0 saturated carbocycles. The molecule has 32 heavy (non-hydrogen) atoms. The lowest BCUT2D eigenvalue weighted by molar-refractivity contribution is -0.157. The number of nitrogens with one attached hydrogen (secondary N) is 1. The quantitative estimate of drug-likeness (QED) is 0.598. The summed E-state index contributed by atoms with van der Waals surface area (Å²) in [5.74, 6) is -1.99. The molecule has 1 atom stereocenters. The van der Waals surface area contributed by atoms with Gasteiger partial charge in [-0.15, -0.1) is 5.10 Å². The molecule has 166 valence electrons. The number of amides is 2. The predicted molar refractivity (Wildman–Crippen MR) is 112 cm³/mol. The van der Waals surface area contributed by atoms with Crippen molar-refractivity contribution in [1.82, 2.24) is 20.2 Å². The molecule has 0 aliphatic carbocycles. The molecule has 12 heteroatoms. The van der Waals surface area contributed by atoms with Gasteiger partial charge in [-0.25, -0.2) is 0 Å². The van der Waals surface area contributed by atoms with Gasteiger partial charge < -0.3 is 5.32 Å². The summed E-state index contributed by atoms with van der Waals surface area (Å²) in [4.78, 5) is 25.8. The minimum atomic E-state index is -4.79. The van der Waals surface area contributed by atoms with E-state index in [-0.39, 0.29) is 22.3 Å². The average Bonchev–Trinajstić information content (AvgIpc) is 3.14. The number of alkyl halides is 3. The smallest absolute Gasteiger partial charge is 0.324 e. The molecular formula is C20H17F3N6O2S. The Labute approximate surface area is 184 Å². The number of tetrazole rings is 1. The zero-order valence-electron chi connectivity index (χ0n) is 16.7. The molecule has 0 fully saturated rings. The third-order valence-electron chi connectivity index (χ3n) is 4.79. The van der Waals surface area contributed by atoms with Crippen LogP contribution in [0.2, 0.25) is 0 Å². The van der Waals surface area contributed by atoms with Crippen LogP contribution in [0.4, 0.5) is 24.5 Å². The summed E-state index contributed by atoms with van der Waals surface area (Å²) < 4.78 is 42.9. The first-order valence-corrected chi connectivity index (χ1v) is 10.5. The maximum atomic E-state index is 13.8. The molecule has 2 heterocycles. The number of rotatable bonds is 4. The Kier molecular flexibility index (Phi) is 5.87. The SMILES string of the molecule is Cc1cccc(-n2nnnc2SCC(=O)N2c3ccccc3NC(=O)CC2C(F)(F)F)c1. The van der Waals surface area contributed by atoms with Crippen molar-refractivity contribution in [2.75, 3.05) is 16.0 Å². The van der Waals surface area contributed by atoms with Gasteiger partial charge >= 0.3 is 6.18 Å². The van der Waals surface area contributed by atoms with Crippen molar-refractivity contribution < 1.29 is 22.8 Å². The third-order valence-corrected chi connectivity index (χ3v) is 5.69. The summed E-state index contributed by atoms with van der Waals surface area (Å²) >= 11 is 0.914. The van der Waals surface area contributed by atoms with Gasteiger partial charge in [-0.2, -0.15) is 17.9 Å². The summed E-state index contributed by atoms with van der Waals surface area (Å²) in [7, 11) is 0. The van der Waals surface area contributed by atoms with Crippen molar-refractivity contribution in [3.8, 4) is 5.69 Å². The zero-order chi connectivity index (χ0) is 22.9. The highest BCUT2D eigenvalue weighted by Gasteiger charge is 2.48. The first kappa shape index (κ1) is 21.8. The van der Waals surface area contributed by atoms with E-state index >= 15 is 0 Å². The summed E-state index contributed by atoms with van der Waals surface area (Å²) in [6.07, 6.45) is -5.69. The second kappa shape index (κ2) is 8.61. The molecule has 2 aromatic carbocycles. The summed E-state index contributed by atoms with van der Waals surface area (Å²) in [5.41, 5.74) is 1.76. The Morgan fingerprint density at radius 2 is 2.00 bits per heavy atom. The topological polar surface area (TPSA) is 93.0 Å². The van der Waals surface area contributed by atoms with Gasteiger partial charge in [0.1, 0.15) is 6.04 Å². The van der Waals surface area contributed by atoms with Crippen molar-refractivity contribution in [2.45, 2.75) is 30.7 Å². The van der Waals surface area contributed by atoms with E-state index < -0.39 is 30.5 Å². The number of hydrogen-bond acceptors (Lipinski definition) is 6. The second-order valence-electron chi connectivity index (χ2n) is 7.09. The number of benzene rings is 2. The molecule has 3 aromatic rings. The van der Waals surface area contributed by atoms with Gasteiger partial charge in [0.05, 0.1) is 29.2 Å². The molecule has 0 saturated heterocycles. The highest BCUT2D eigenvalue weighted by atomic mass is 32.2. The van der Waals surface area contributed by atoms with E-state index in [0.29, 0.717) is 10.6 Å². The van der Waals surface area contributed by atoms with Crippen LogP contribution in [0.25, 0.3) is 5.69 Å². The van der Waals surface area contributed by atoms with E-state index in [9.17, 15) is 22.8 Å². The number of carbonyl (C=O) groups excluding carboxylic acids is 2. The van der Waals surface area contributed by atoms with Crippen LogP contribution >= 0.6 is 11.8 Å². The number of hydrogen-bond donors (Lipinski definition) is 1. The molecular weight excluding hydrogens is 445 g/mol. The van der Waals surface area contributed by atoms with E-state index in [4.69, 9.17) is 0 Å². The van der Waals surface area contributed by atoms with Crippen LogP contribution in [0.5, 0.6) is 0 Å². The van der Waals surface area contributed by atoms with Crippen molar-refractivity contribution >= 4 is 35.0 Å². The number of aromatic nitrogens is 4. The van der Waals surface area contributed by atoms with Gasteiger partial charge in [0.15, 0.2) is 0 Å². The van der Waals surface area contributed by atoms with Crippen LogP contribution in [0.15, 0.2) is 53.7 Å². The van der Waals surface area contributed by atoms with E-state index in [0.717, 1.165) is 17.3 Å². The summed E-state index contributed by atoms with van der Waals surface area (Å²) in [6.45, 7) is 1.90. The van der Waals surface area contributed by atoms with Gasteiger partial charge in [0.2, 0.25) is 17.0 Å². The standard InChI is InChI=1S/C20H17F3N6O2S/c1-12-5-4-6-13(9-12)29-19(25-26-27-29)32-11-18(31)28-15-8-3-2-7-14(15)24-17(30)10-16(28)20(21,22)23/h2-9,16H,10-11H2,1H3,(H,24,30). The van der Waals surface area contributed by atoms with Crippen LogP contribution in [0.1, 0.15) is 12.0 Å². The predicted octanol–water partition coefficient (Wildman–Crippen LogP) is 3.37. The van der Waals surface area contributed by atoms with Gasteiger partial charge in [0.25, 0.3) is 0 Å². The van der Waals surface area contributed by atoms with Crippen molar-refractivity contribution in [2.24, 2.45) is 0 Å². The first-order valence-electron chi connectivity index (χ1n) is 9.50. The highest BCUT2D eigenvalue weighted by molar-refractivity contribution is 7.99.